The first-order chi connectivity index (χ1) is 12.3. The van der Waals surface area contributed by atoms with Crippen LogP contribution < -0.4 is 0 Å². The quantitative estimate of drug-likeness (QED) is 0.501. The van der Waals surface area contributed by atoms with Gasteiger partial charge in [-0.25, -0.2) is 0 Å². The molecule has 26 heavy (non-hydrogen) atoms. The second-order valence-corrected chi connectivity index (χ2v) is 7.26. The summed E-state index contributed by atoms with van der Waals surface area (Å²) in [6, 6.07) is 6.59. The van der Waals surface area contributed by atoms with Crippen molar-refractivity contribution in [1.82, 2.24) is 4.90 Å². The van der Waals surface area contributed by atoms with Crippen molar-refractivity contribution in [2.45, 2.75) is 63.7 Å². The molecule has 0 bridgehead atoms. The van der Waals surface area contributed by atoms with E-state index in [1.165, 1.54) is 0 Å². The smallest absolute Gasteiger partial charge is 0.332 e. The second-order valence-electron chi connectivity index (χ2n) is 6.83. The molecule has 0 aromatic heterocycles. The van der Waals surface area contributed by atoms with Gasteiger partial charge in [0.1, 0.15) is 0 Å². The molecule has 3 unspecified atom stereocenters. The van der Waals surface area contributed by atoms with Crippen molar-refractivity contribution in [3.05, 3.63) is 47.5 Å². The zero-order chi connectivity index (χ0) is 19.3. The Morgan fingerprint density at radius 3 is 2.50 bits per heavy atom. The zero-order valence-electron chi connectivity index (χ0n) is 14.9. The minimum atomic E-state index is -4.22. The van der Waals surface area contributed by atoms with Crippen molar-refractivity contribution in [3.63, 3.8) is 0 Å². The van der Waals surface area contributed by atoms with E-state index in [9.17, 15) is 18.0 Å². The first kappa shape index (κ1) is 20.8. The van der Waals surface area contributed by atoms with E-state index in [4.69, 9.17) is 11.6 Å². The lowest BCUT2D eigenvalue weighted by atomic mass is 9.84. The van der Waals surface area contributed by atoms with Gasteiger partial charge in [-0.2, -0.15) is 13.2 Å². The van der Waals surface area contributed by atoms with Crippen LogP contribution in [-0.2, 0) is 4.79 Å². The molecule has 0 spiro atoms. The normalized spacial score (nSPS) is 22.3. The van der Waals surface area contributed by atoms with Crippen molar-refractivity contribution >= 4 is 17.5 Å². The highest BCUT2D eigenvalue weighted by Gasteiger charge is 2.40. The molecule has 0 radical (unpaired) electrons. The molecule has 1 amide bonds. The number of nitrogens with zero attached hydrogens (tertiary/aromatic N) is 1. The van der Waals surface area contributed by atoms with Crippen LogP contribution in [0.15, 0.2) is 36.9 Å². The fourth-order valence-corrected chi connectivity index (χ4v) is 3.85. The van der Waals surface area contributed by atoms with Crippen LogP contribution in [0.2, 0.25) is 5.02 Å². The third-order valence-electron chi connectivity index (χ3n) is 5.06. The summed E-state index contributed by atoms with van der Waals surface area (Å²) in [7, 11) is 0. The van der Waals surface area contributed by atoms with Gasteiger partial charge in [0.2, 0.25) is 5.91 Å². The summed E-state index contributed by atoms with van der Waals surface area (Å²) in [6.07, 6.45) is -0.974. The highest BCUT2D eigenvalue weighted by Crippen LogP contribution is 2.39. The topological polar surface area (TPSA) is 20.3 Å². The van der Waals surface area contributed by atoms with Crippen LogP contribution in [0, 0.1) is 5.92 Å². The van der Waals surface area contributed by atoms with E-state index in [1.54, 1.807) is 23.1 Å². The Kier molecular flexibility index (Phi) is 7.16. The number of carbonyl (C=O) groups excluding carboxylic acids is 1. The van der Waals surface area contributed by atoms with Gasteiger partial charge in [-0.15, -0.1) is 6.58 Å². The van der Waals surface area contributed by atoms with Crippen LogP contribution in [0.25, 0.3) is 0 Å². The van der Waals surface area contributed by atoms with Crippen molar-refractivity contribution in [2.24, 2.45) is 5.92 Å². The molecule has 0 saturated carbocycles. The molecule has 1 aromatic carbocycles. The Labute approximate surface area is 158 Å². The standard InChI is InChI=1S/C20H25ClF3NO/c1-3-5-15-8-11-18(14-6-9-16(21)10-7-14)25(19(15)26)17(4-2)12-13-20(22,23)24/h3,6-7,9-10,15,17-18H,1,4-5,8,11-13H2,2H3. The minimum Gasteiger partial charge on any atom is -0.332 e. The second kappa shape index (κ2) is 8.94. The Bertz CT molecular complexity index is 614. The number of hydrogen-bond donors (Lipinski definition) is 0. The lowest BCUT2D eigenvalue weighted by Crippen LogP contribution is -2.49. The Morgan fingerprint density at radius 2 is 1.96 bits per heavy atom. The monoisotopic (exact) mass is 387 g/mol. The molecule has 0 N–H and O–H groups in total. The van der Waals surface area contributed by atoms with Crippen LogP contribution in [0.3, 0.4) is 0 Å². The fraction of sp³-hybridized carbons (Fsp3) is 0.550. The van der Waals surface area contributed by atoms with E-state index >= 15 is 0 Å². The van der Waals surface area contributed by atoms with E-state index in [1.807, 2.05) is 19.1 Å². The SMILES string of the molecule is C=CCC1CCC(c2ccc(Cl)cc2)N(C(CC)CCC(F)(F)F)C1=O. The molecule has 1 aliphatic heterocycles. The van der Waals surface area contributed by atoms with Crippen molar-refractivity contribution in [1.29, 1.82) is 0 Å². The van der Waals surface area contributed by atoms with E-state index < -0.39 is 18.6 Å². The molecule has 2 rings (SSSR count). The Morgan fingerprint density at radius 1 is 1.31 bits per heavy atom. The number of hydrogen-bond acceptors (Lipinski definition) is 1. The third kappa shape index (κ3) is 5.26. The molecule has 144 valence electrons. The maximum Gasteiger partial charge on any atom is 0.389 e. The van der Waals surface area contributed by atoms with Gasteiger partial charge in [0.05, 0.1) is 6.04 Å². The Balaban J connectivity index is 2.30. The summed E-state index contributed by atoms with van der Waals surface area (Å²) in [4.78, 5) is 14.8. The van der Waals surface area contributed by atoms with E-state index in [0.717, 1.165) is 12.0 Å². The molecule has 1 saturated heterocycles. The van der Waals surface area contributed by atoms with Gasteiger partial charge in [0.25, 0.3) is 0 Å². The predicted molar refractivity (Wildman–Crippen MR) is 97.9 cm³/mol. The summed E-state index contributed by atoms with van der Waals surface area (Å²) >= 11 is 5.95. The Hall–Kier alpha value is -1.49. The predicted octanol–water partition coefficient (Wildman–Crippen LogP) is 6.32. The summed E-state index contributed by atoms with van der Waals surface area (Å²) < 4.78 is 38.2. The molecule has 1 heterocycles. The number of piperidine rings is 1. The maximum absolute atomic E-state index is 13.1. The summed E-state index contributed by atoms with van der Waals surface area (Å²) in [5.41, 5.74) is 0.922. The molecular formula is C20H25ClF3NO. The van der Waals surface area contributed by atoms with Crippen molar-refractivity contribution in [3.8, 4) is 0 Å². The number of rotatable bonds is 7. The molecule has 2 nitrogen and oxygen atoms in total. The van der Waals surface area contributed by atoms with Crippen molar-refractivity contribution < 1.29 is 18.0 Å². The van der Waals surface area contributed by atoms with Crippen LogP contribution in [0.1, 0.15) is 57.1 Å². The number of allylic oxidation sites excluding steroid dienone is 1. The number of carbonyl (C=O) groups is 1. The average Bonchev–Trinajstić information content (AvgIpc) is 2.58. The highest BCUT2D eigenvalue weighted by atomic mass is 35.5. The van der Waals surface area contributed by atoms with Gasteiger partial charge in [0, 0.05) is 23.4 Å². The van der Waals surface area contributed by atoms with Gasteiger partial charge in [-0.3, -0.25) is 4.79 Å². The first-order valence-corrected chi connectivity index (χ1v) is 9.40. The molecule has 1 fully saturated rings. The minimum absolute atomic E-state index is 0.0647. The van der Waals surface area contributed by atoms with E-state index in [-0.39, 0.29) is 24.3 Å². The van der Waals surface area contributed by atoms with Crippen LogP contribution in [0.5, 0.6) is 0 Å². The maximum atomic E-state index is 13.1. The van der Waals surface area contributed by atoms with E-state index in [2.05, 4.69) is 6.58 Å². The first-order valence-electron chi connectivity index (χ1n) is 9.02. The largest absolute Gasteiger partial charge is 0.389 e. The van der Waals surface area contributed by atoms with Gasteiger partial charge in [0.15, 0.2) is 0 Å². The van der Waals surface area contributed by atoms with Crippen LogP contribution in [0.4, 0.5) is 13.2 Å². The lowest BCUT2D eigenvalue weighted by molar-refractivity contribution is -0.152. The third-order valence-corrected chi connectivity index (χ3v) is 5.31. The average molecular weight is 388 g/mol. The number of benzene rings is 1. The lowest BCUT2D eigenvalue weighted by Gasteiger charge is -2.44. The van der Waals surface area contributed by atoms with Crippen molar-refractivity contribution in [2.75, 3.05) is 0 Å². The van der Waals surface area contributed by atoms with E-state index in [0.29, 0.717) is 24.3 Å². The van der Waals surface area contributed by atoms with Crippen LogP contribution in [-0.4, -0.2) is 23.0 Å². The van der Waals surface area contributed by atoms with Gasteiger partial charge in [-0.1, -0.05) is 36.7 Å². The highest BCUT2D eigenvalue weighted by molar-refractivity contribution is 6.30. The number of halogens is 4. The van der Waals surface area contributed by atoms with Gasteiger partial charge >= 0.3 is 6.18 Å². The van der Waals surface area contributed by atoms with Gasteiger partial charge < -0.3 is 4.90 Å². The van der Waals surface area contributed by atoms with Crippen LogP contribution >= 0.6 is 11.6 Å². The molecule has 1 aliphatic rings. The number of alkyl halides is 3. The fourth-order valence-electron chi connectivity index (χ4n) is 3.72. The number of likely N-dealkylation sites (tertiary alicyclic amines) is 1. The molecular weight excluding hydrogens is 363 g/mol. The zero-order valence-corrected chi connectivity index (χ0v) is 15.7. The molecule has 1 aromatic rings. The summed E-state index contributed by atoms with van der Waals surface area (Å²) in [6.45, 7) is 5.54. The molecule has 3 atom stereocenters. The number of amides is 1. The molecule has 0 aliphatic carbocycles. The molecule has 6 heteroatoms. The summed E-state index contributed by atoms with van der Waals surface area (Å²) in [5.74, 6) is -0.263. The summed E-state index contributed by atoms with van der Waals surface area (Å²) in [5, 5.41) is 0.594. The van der Waals surface area contributed by atoms with Gasteiger partial charge in [-0.05, 0) is 49.8 Å².